The molecule has 2 N–H and O–H groups in total. The summed E-state index contributed by atoms with van der Waals surface area (Å²) in [5.41, 5.74) is 2.39. The van der Waals surface area contributed by atoms with Crippen LogP contribution in [-0.2, 0) is 11.8 Å². The molecule has 1 saturated carbocycles. The summed E-state index contributed by atoms with van der Waals surface area (Å²) in [5, 5.41) is 14.6. The van der Waals surface area contributed by atoms with Crippen LogP contribution >= 0.6 is 0 Å². The van der Waals surface area contributed by atoms with Gasteiger partial charge in [0.2, 0.25) is 0 Å². The van der Waals surface area contributed by atoms with Gasteiger partial charge in [-0.05, 0) is 50.8 Å². The van der Waals surface area contributed by atoms with E-state index in [-0.39, 0.29) is 12.6 Å². The Hall–Kier alpha value is -2.05. The number of carbonyl (C=O) groups is 1. The van der Waals surface area contributed by atoms with Crippen molar-refractivity contribution in [1.82, 2.24) is 9.88 Å². The molecule has 3 atom stereocenters. The molecule has 2 aromatic rings. The maximum absolute atomic E-state index is 12.4. The summed E-state index contributed by atoms with van der Waals surface area (Å²) >= 11 is 0. The summed E-state index contributed by atoms with van der Waals surface area (Å²) in [6.45, 7) is 7.06. The normalized spacial score (nSPS) is 20.6. The van der Waals surface area contributed by atoms with E-state index in [0.29, 0.717) is 36.4 Å². The first kappa shape index (κ1) is 21.7. The summed E-state index contributed by atoms with van der Waals surface area (Å²) in [7, 11) is 1.93. The number of hydrogen-bond acceptors (Lipinski definition) is 5. The molecular weight excluding hydrogens is 368 g/mol. The van der Waals surface area contributed by atoms with Gasteiger partial charge in [-0.3, -0.25) is 0 Å². The van der Waals surface area contributed by atoms with Crippen molar-refractivity contribution in [3.8, 4) is 5.75 Å². The fourth-order valence-corrected chi connectivity index (χ4v) is 4.26. The summed E-state index contributed by atoms with van der Waals surface area (Å²) in [6.07, 6.45) is 4.41. The van der Waals surface area contributed by atoms with Crippen molar-refractivity contribution in [3.63, 3.8) is 0 Å². The first-order valence-electron chi connectivity index (χ1n) is 10.7. The lowest BCUT2D eigenvalue weighted by Gasteiger charge is -2.30. The number of aliphatic hydroxyl groups is 1. The van der Waals surface area contributed by atoms with Gasteiger partial charge in [-0.25, -0.2) is 4.79 Å². The molecule has 0 aliphatic heterocycles. The lowest BCUT2D eigenvalue weighted by atomic mass is 9.86. The zero-order valence-corrected chi connectivity index (χ0v) is 18.0. The zero-order valence-electron chi connectivity index (χ0n) is 18.0. The Morgan fingerprint density at radius 1 is 1.34 bits per heavy atom. The molecule has 6 heteroatoms. The molecule has 1 aromatic heterocycles. The lowest BCUT2D eigenvalue weighted by molar-refractivity contribution is 0.0527. The number of carbonyl (C=O) groups excluding carboxylic acids is 1. The molecule has 1 heterocycles. The molecule has 1 aliphatic rings. The van der Waals surface area contributed by atoms with E-state index in [1.807, 2.05) is 36.7 Å². The molecule has 160 valence electrons. The average molecular weight is 403 g/mol. The average Bonchev–Trinajstić information content (AvgIpc) is 2.96. The fourth-order valence-electron chi connectivity index (χ4n) is 4.26. The van der Waals surface area contributed by atoms with Crippen molar-refractivity contribution in [1.29, 1.82) is 0 Å². The molecule has 0 radical (unpaired) electrons. The van der Waals surface area contributed by atoms with E-state index >= 15 is 0 Å². The highest BCUT2D eigenvalue weighted by molar-refractivity contribution is 6.06. The Morgan fingerprint density at radius 3 is 2.83 bits per heavy atom. The lowest BCUT2D eigenvalue weighted by Crippen LogP contribution is -2.42. The predicted molar refractivity (Wildman–Crippen MR) is 115 cm³/mol. The van der Waals surface area contributed by atoms with Gasteiger partial charge in [0.15, 0.2) is 0 Å². The maximum Gasteiger partial charge on any atom is 0.340 e. The molecule has 0 amide bonds. The van der Waals surface area contributed by atoms with Gasteiger partial charge < -0.3 is 24.5 Å². The van der Waals surface area contributed by atoms with Gasteiger partial charge in [0, 0.05) is 36.2 Å². The maximum atomic E-state index is 12.4. The van der Waals surface area contributed by atoms with Crippen LogP contribution in [0.15, 0.2) is 18.2 Å². The van der Waals surface area contributed by atoms with Crippen molar-refractivity contribution < 1.29 is 19.4 Å². The molecule has 6 nitrogen and oxygen atoms in total. The highest BCUT2D eigenvalue weighted by atomic mass is 16.5. The Labute approximate surface area is 173 Å². The molecule has 0 spiro atoms. The van der Waals surface area contributed by atoms with Gasteiger partial charge in [-0.1, -0.05) is 19.8 Å². The second-order valence-corrected chi connectivity index (χ2v) is 8.16. The minimum atomic E-state index is -0.582. The van der Waals surface area contributed by atoms with Gasteiger partial charge >= 0.3 is 5.97 Å². The highest BCUT2D eigenvalue weighted by Gasteiger charge is 2.22. The quantitative estimate of drug-likeness (QED) is 0.661. The summed E-state index contributed by atoms with van der Waals surface area (Å²) in [6, 6.07) is 6.15. The molecule has 3 rings (SSSR count). The van der Waals surface area contributed by atoms with Crippen LogP contribution in [-0.4, -0.2) is 47.5 Å². The molecule has 0 bridgehead atoms. The molecule has 1 aromatic carbocycles. The number of aryl methyl sites for hydroxylation is 1. The van der Waals surface area contributed by atoms with Crippen molar-refractivity contribution in [2.75, 3.05) is 19.8 Å². The van der Waals surface area contributed by atoms with Crippen molar-refractivity contribution in [2.24, 2.45) is 13.0 Å². The molecule has 0 unspecified atom stereocenters. The topological polar surface area (TPSA) is 72.7 Å². The molecule has 1 aliphatic carbocycles. The number of benzene rings is 1. The van der Waals surface area contributed by atoms with Crippen LogP contribution in [0, 0.1) is 12.8 Å². The monoisotopic (exact) mass is 402 g/mol. The highest BCUT2D eigenvalue weighted by Crippen LogP contribution is 2.29. The number of fused-ring (bicyclic) bond motifs is 1. The van der Waals surface area contributed by atoms with Gasteiger partial charge in [0.1, 0.15) is 18.5 Å². The SMILES string of the molecule is CCOC(=O)c1c(C)n(C)c2ccc(OC[C@@H](O)CN[C@H]3CCCC[C@@H]3C)cc12. The van der Waals surface area contributed by atoms with Crippen LogP contribution in [0.1, 0.15) is 55.6 Å². The third-order valence-electron chi connectivity index (χ3n) is 6.11. The van der Waals surface area contributed by atoms with Crippen molar-refractivity contribution in [3.05, 3.63) is 29.5 Å². The fraction of sp³-hybridized carbons (Fsp3) is 0.609. The van der Waals surface area contributed by atoms with Gasteiger partial charge in [0.25, 0.3) is 0 Å². The molecule has 0 saturated heterocycles. The van der Waals surface area contributed by atoms with Crippen LogP contribution in [0.4, 0.5) is 0 Å². The summed E-state index contributed by atoms with van der Waals surface area (Å²) in [5.74, 6) is 0.971. The van der Waals surface area contributed by atoms with Gasteiger partial charge in [-0.15, -0.1) is 0 Å². The van der Waals surface area contributed by atoms with Crippen molar-refractivity contribution >= 4 is 16.9 Å². The first-order valence-corrected chi connectivity index (χ1v) is 10.7. The number of nitrogens with one attached hydrogen (secondary N) is 1. The number of nitrogens with zero attached hydrogens (tertiary/aromatic N) is 1. The van der Waals surface area contributed by atoms with E-state index < -0.39 is 6.10 Å². The summed E-state index contributed by atoms with van der Waals surface area (Å²) < 4.78 is 13.0. The third-order valence-corrected chi connectivity index (χ3v) is 6.11. The van der Waals surface area contributed by atoms with Gasteiger partial charge in [0.05, 0.1) is 12.2 Å². The number of aromatic nitrogens is 1. The second kappa shape index (κ2) is 9.63. The zero-order chi connectivity index (χ0) is 21.0. The minimum absolute atomic E-state index is 0.208. The first-order chi connectivity index (χ1) is 13.9. The molecular formula is C23H34N2O4. The van der Waals surface area contributed by atoms with Crippen LogP contribution in [0.2, 0.25) is 0 Å². The Morgan fingerprint density at radius 2 is 2.10 bits per heavy atom. The Bertz CT molecular complexity index is 845. The predicted octanol–water partition coefficient (Wildman–Crippen LogP) is 3.57. The largest absolute Gasteiger partial charge is 0.491 e. The molecule has 1 fully saturated rings. The minimum Gasteiger partial charge on any atom is -0.491 e. The smallest absolute Gasteiger partial charge is 0.340 e. The number of rotatable bonds is 8. The number of esters is 1. The van der Waals surface area contributed by atoms with E-state index in [2.05, 4.69) is 12.2 Å². The van der Waals surface area contributed by atoms with E-state index in [4.69, 9.17) is 9.47 Å². The van der Waals surface area contributed by atoms with E-state index in [1.54, 1.807) is 6.92 Å². The number of hydrogen-bond donors (Lipinski definition) is 2. The molecule has 29 heavy (non-hydrogen) atoms. The number of aliphatic hydroxyl groups excluding tert-OH is 1. The van der Waals surface area contributed by atoms with E-state index in [0.717, 1.165) is 16.6 Å². The number of ether oxygens (including phenoxy) is 2. The van der Waals surface area contributed by atoms with E-state index in [1.165, 1.54) is 25.7 Å². The Kier molecular flexibility index (Phi) is 7.19. The van der Waals surface area contributed by atoms with E-state index in [9.17, 15) is 9.90 Å². The van der Waals surface area contributed by atoms with Crippen LogP contribution in [0.3, 0.4) is 0 Å². The van der Waals surface area contributed by atoms with Crippen molar-refractivity contribution in [2.45, 2.75) is 58.6 Å². The summed E-state index contributed by atoms with van der Waals surface area (Å²) in [4.78, 5) is 12.4. The van der Waals surface area contributed by atoms with Crippen LogP contribution in [0.5, 0.6) is 5.75 Å². The second-order valence-electron chi connectivity index (χ2n) is 8.16. The van der Waals surface area contributed by atoms with Crippen LogP contribution < -0.4 is 10.1 Å². The Balaban J connectivity index is 1.64. The van der Waals surface area contributed by atoms with Gasteiger partial charge in [-0.2, -0.15) is 0 Å². The van der Waals surface area contributed by atoms with Crippen LogP contribution in [0.25, 0.3) is 10.9 Å². The standard InChI is InChI=1S/C23H34N2O4/c1-5-28-23(27)22-16(3)25(4)21-11-10-18(12-19(21)22)29-14-17(26)13-24-20-9-7-6-8-15(20)2/h10-12,15,17,20,24,26H,5-9,13-14H2,1-4H3/t15-,17-,20-/m0/s1. The third kappa shape index (κ3) is 4.93.